The van der Waals surface area contributed by atoms with Crippen molar-refractivity contribution in [3.8, 4) is 0 Å². The maximum atomic E-state index is 10.8. The van der Waals surface area contributed by atoms with E-state index >= 15 is 0 Å². The zero-order valence-corrected chi connectivity index (χ0v) is 11.9. The first-order valence-electron chi connectivity index (χ1n) is 6.44. The third-order valence-electron chi connectivity index (χ3n) is 3.55. The van der Waals surface area contributed by atoms with Gasteiger partial charge in [-0.3, -0.25) is 10.1 Å². The molecule has 6 heteroatoms. The van der Waals surface area contributed by atoms with Crippen molar-refractivity contribution in [1.82, 2.24) is 4.98 Å². The van der Waals surface area contributed by atoms with E-state index in [4.69, 9.17) is 11.6 Å². The molecule has 1 aromatic rings. The van der Waals surface area contributed by atoms with Crippen molar-refractivity contribution < 1.29 is 4.92 Å². The van der Waals surface area contributed by atoms with Gasteiger partial charge in [0, 0.05) is 6.04 Å². The van der Waals surface area contributed by atoms with E-state index in [-0.39, 0.29) is 10.8 Å². The molecule has 0 amide bonds. The SMILES string of the molecule is CC1(C)CCCC(Nc2cc([N+](=O)[O-])cc(Cl)n2)C1. The van der Waals surface area contributed by atoms with Gasteiger partial charge in [-0.2, -0.15) is 0 Å². The van der Waals surface area contributed by atoms with Crippen LogP contribution >= 0.6 is 11.6 Å². The topological polar surface area (TPSA) is 68.1 Å². The van der Waals surface area contributed by atoms with Gasteiger partial charge in [0.1, 0.15) is 11.0 Å². The highest BCUT2D eigenvalue weighted by Gasteiger charge is 2.28. The maximum Gasteiger partial charge on any atom is 0.276 e. The number of aromatic nitrogens is 1. The molecule has 104 valence electrons. The molecule has 1 atom stereocenters. The molecule has 1 aromatic heterocycles. The number of nitro groups is 1. The Bertz CT molecular complexity index is 491. The fourth-order valence-corrected chi connectivity index (χ4v) is 2.90. The number of nitrogens with zero attached hydrogens (tertiary/aromatic N) is 2. The summed E-state index contributed by atoms with van der Waals surface area (Å²) < 4.78 is 0. The molecule has 1 unspecified atom stereocenters. The summed E-state index contributed by atoms with van der Waals surface area (Å²) in [6.07, 6.45) is 4.47. The molecule has 1 heterocycles. The van der Waals surface area contributed by atoms with Gasteiger partial charge >= 0.3 is 0 Å². The van der Waals surface area contributed by atoms with E-state index in [1.54, 1.807) is 0 Å². The van der Waals surface area contributed by atoms with Gasteiger partial charge in [-0.05, 0) is 24.7 Å². The van der Waals surface area contributed by atoms with Crippen molar-refractivity contribution in [1.29, 1.82) is 0 Å². The Kier molecular flexibility index (Phi) is 3.94. The standard InChI is InChI=1S/C13H18ClN3O2/c1-13(2)5-3-4-9(8-13)15-12-7-10(17(18)19)6-11(14)16-12/h6-7,9H,3-5,8H2,1-2H3,(H,15,16). The van der Waals surface area contributed by atoms with Crippen LogP contribution in [0.5, 0.6) is 0 Å². The lowest BCUT2D eigenvalue weighted by Crippen LogP contribution is -2.32. The summed E-state index contributed by atoms with van der Waals surface area (Å²) in [5, 5.41) is 14.2. The van der Waals surface area contributed by atoms with Crippen molar-refractivity contribution in [2.24, 2.45) is 5.41 Å². The highest BCUT2D eigenvalue weighted by atomic mass is 35.5. The first-order chi connectivity index (χ1) is 8.85. The lowest BCUT2D eigenvalue weighted by Gasteiger charge is -2.35. The Morgan fingerprint density at radius 3 is 2.89 bits per heavy atom. The van der Waals surface area contributed by atoms with Crippen LogP contribution in [-0.2, 0) is 0 Å². The van der Waals surface area contributed by atoms with Crippen LogP contribution in [0.25, 0.3) is 0 Å². The smallest absolute Gasteiger partial charge is 0.276 e. The fraction of sp³-hybridized carbons (Fsp3) is 0.615. The van der Waals surface area contributed by atoms with E-state index < -0.39 is 4.92 Å². The van der Waals surface area contributed by atoms with Gasteiger partial charge in [-0.25, -0.2) is 4.98 Å². The number of nitrogens with one attached hydrogen (secondary N) is 1. The van der Waals surface area contributed by atoms with Crippen LogP contribution in [0.15, 0.2) is 12.1 Å². The molecule has 0 aromatic carbocycles. The molecule has 1 aliphatic rings. The van der Waals surface area contributed by atoms with Gasteiger partial charge in [-0.1, -0.05) is 31.9 Å². The van der Waals surface area contributed by atoms with E-state index in [1.165, 1.54) is 18.6 Å². The molecule has 0 bridgehead atoms. The summed E-state index contributed by atoms with van der Waals surface area (Å²) in [7, 11) is 0. The quantitative estimate of drug-likeness (QED) is 0.517. The van der Waals surface area contributed by atoms with Gasteiger partial charge in [0.2, 0.25) is 0 Å². The number of pyridine rings is 1. The van der Waals surface area contributed by atoms with Crippen LogP contribution in [0.1, 0.15) is 39.5 Å². The van der Waals surface area contributed by atoms with Crippen LogP contribution in [0.2, 0.25) is 5.15 Å². The molecule has 0 radical (unpaired) electrons. The van der Waals surface area contributed by atoms with Crippen molar-refractivity contribution in [3.63, 3.8) is 0 Å². The van der Waals surface area contributed by atoms with Gasteiger partial charge in [-0.15, -0.1) is 0 Å². The Balaban J connectivity index is 2.12. The number of hydrogen-bond donors (Lipinski definition) is 1. The molecule has 1 saturated carbocycles. The molecular weight excluding hydrogens is 266 g/mol. The number of rotatable bonds is 3. The number of anilines is 1. The minimum Gasteiger partial charge on any atom is -0.367 e. The predicted octanol–water partition coefficient (Wildman–Crippen LogP) is 4.02. The highest BCUT2D eigenvalue weighted by molar-refractivity contribution is 6.29. The molecular formula is C13H18ClN3O2. The normalized spacial score (nSPS) is 21.9. The number of halogens is 1. The van der Waals surface area contributed by atoms with Crippen LogP contribution < -0.4 is 5.32 Å². The molecule has 2 rings (SSSR count). The van der Waals surface area contributed by atoms with E-state index in [0.717, 1.165) is 19.3 Å². The second-order valence-electron chi connectivity index (χ2n) is 5.89. The Labute approximate surface area is 117 Å². The summed E-state index contributed by atoms with van der Waals surface area (Å²) >= 11 is 5.81. The van der Waals surface area contributed by atoms with E-state index in [1.807, 2.05) is 0 Å². The summed E-state index contributed by atoms with van der Waals surface area (Å²) in [5.41, 5.74) is 0.276. The van der Waals surface area contributed by atoms with Crippen molar-refractivity contribution in [3.05, 3.63) is 27.4 Å². The van der Waals surface area contributed by atoms with Crippen LogP contribution in [0.4, 0.5) is 11.5 Å². The van der Waals surface area contributed by atoms with Crippen molar-refractivity contribution in [2.45, 2.75) is 45.6 Å². The molecule has 1 fully saturated rings. The molecule has 1 aliphatic carbocycles. The third-order valence-corrected chi connectivity index (χ3v) is 3.74. The van der Waals surface area contributed by atoms with Crippen molar-refractivity contribution >= 4 is 23.1 Å². The third kappa shape index (κ3) is 3.80. The fourth-order valence-electron chi connectivity index (χ4n) is 2.69. The largest absolute Gasteiger partial charge is 0.367 e. The van der Waals surface area contributed by atoms with Crippen LogP contribution in [0.3, 0.4) is 0 Å². The molecule has 0 spiro atoms. The second kappa shape index (κ2) is 5.33. The Hall–Kier alpha value is -1.36. The first-order valence-corrected chi connectivity index (χ1v) is 6.82. The molecule has 5 nitrogen and oxygen atoms in total. The van der Waals surface area contributed by atoms with Gasteiger partial charge in [0.25, 0.3) is 5.69 Å². The highest BCUT2D eigenvalue weighted by Crippen LogP contribution is 2.36. The van der Waals surface area contributed by atoms with Gasteiger partial charge < -0.3 is 5.32 Å². The molecule has 19 heavy (non-hydrogen) atoms. The van der Waals surface area contributed by atoms with Crippen LogP contribution in [0, 0.1) is 15.5 Å². The Morgan fingerprint density at radius 2 is 2.26 bits per heavy atom. The minimum atomic E-state index is -0.455. The summed E-state index contributed by atoms with van der Waals surface area (Å²) in [6, 6.07) is 3.00. The van der Waals surface area contributed by atoms with Crippen LogP contribution in [-0.4, -0.2) is 15.9 Å². The van der Waals surface area contributed by atoms with E-state index in [0.29, 0.717) is 17.3 Å². The predicted molar refractivity (Wildman–Crippen MR) is 75.6 cm³/mol. The Morgan fingerprint density at radius 1 is 1.53 bits per heavy atom. The summed E-state index contributed by atoms with van der Waals surface area (Å²) in [5.74, 6) is 0.488. The van der Waals surface area contributed by atoms with E-state index in [2.05, 4.69) is 24.1 Å². The summed E-state index contributed by atoms with van der Waals surface area (Å²) in [4.78, 5) is 14.4. The first kappa shape index (κ1) is 14.1. The van der Waals surface area contributed by atoms with Crippen molar-refractivity contribution in [2.75, 3.05) is 5.32 Å². The van der Waals surface area contributed by atoms with Gasteiger partial charge in [0.15, 0.2) is 0 Å². The zero-order chi connectivity index (χ0) is 14.0. The lowest BCUT2D eigenvalue weighted by atomic mass is 9.75. The lowest BCUT2D eigenvalue weighted by molar-refractivity contribution is -0.384. The average Bonchev–Trinajstić information content (AvgIpc) is 2.26. The monoisotopic (exact) mass is 283 g/mol. The maximum absolute atomic E-state index is 10.8. The van der Waals surface area contributed by atoms with E-state index in [9.17, 15) is 10.1 Å². The molecule has 1 N–H and O–H groups in total. The second-order valence-corrected chi connectivity index (χ2v) is 6.28. The molecule has 0 saturated heterocycles. The van der Waals surface area contributed by atoms with Gasteiger partial charge in [0.05, 0.1) is 17.1 Å². The molecule has 0 aliphatic heterocycles. The summed E-state index contributed by atoms with van der Waals surface area (Å²) in [6.45, 7) is 4.49. The minimum absolute atomic E-state index is 0.0300. The zero-order valence-electron chi connectivity index (χ0n) is 11.1. The average molecular weight is 284 g/mol. The number of hydrogen-bond acceptors (Lipinski definition) is 4.